The van der Waals surface area contributed by atoms with Crippen molar-refractivity contribution in [3.05, 3.63) is 168 Å². The van der Waals surface area contributed by atoms with Crippen molar-refractivity contribution in [2.24, 2.45) is 0 Å². The average Bonchev–Trinajstić information content (AvgIpc) is 3.60. The van der Waals surface area contributed by atoms with Crippen LogP contribution in [-0.4, -0.2) is 43.4 Å². The summed E-state index contributed by atoms with van der Waals surface area (Å²) in [5, 5.41) is 0. The van der Waals surface area contributed by atoms with Gasteiger partial charge < -0.3 is 33.3 Å². The van der Waals surface area contributed by atoms with Gasteiger partial charge in [-0.05, 0) is 214 Å². The zero-order chi connectivity index (χ0) is 56.2. The van der Waals surface area contributed by atoms with Gasteiger partial charge in [0.2, 0.25) is 0 Å². The van der Waals surface area contributed by atoms with E-state index in [0.717, 1.165) is 51.5 Å². The molecule has 10 heteroatoms. The molecule has 0 bridgehead atoms. The van der Waals surface area contributed by atoms with Crippen LogP contribution >= 0.6 is 0 Å². The second-order valence-corrected chi connectivity index (χ2v) is 27.1. The fraction of sp³-hybridized carbons (Fsp3) is 0.391. The van der Waals surface area contributed by atoms with Gasteiger partial charge >= 0.3 is 14.2 Å². The molecule has 0 atom stereocenters. The molecule has 79 heavy (non-hydrogen) atoms. The minimum absolute atomic E-state index is 0.0344. The van der Waals surface area contributed by atoms with E-state index in [1.54, 1.807) is 0 Å². The van der Waals surface area contributed by atoms with Crippen LogP contribution in [0.2, 0.25) is 0 Å². The highest BCUT2D eigenvalue weighted by Crippen LogP contribution is 2.48. The second-order valence-electron chi connectivity index (χ2n) is 27.1. The molecule has 0 spiro atoms. The Morgan fingerprint density at radius 3 is 1.38 bits per heavy atom. The van der Waals surface area contributed by atoms with Gasteiger partial charge in [0.1, 0.15) is 0 Å². The van der Waals surface area contributed by atoms with Crippen LogP contribution in [0, 0.1) is 6.92 Å². The molecule has 0 amide bonds. The van der Waals surface area contributed by atoms with Gasteiger partial charge in [-0.1, -0.05) is 134 Å². The number of unbranched alkanes of at least 4 members (excludes halogenated alkanes) is 3. The van der Waals surface area contributed by atoms with E-state index in [1.807, 2.05) is 0 Å². The molecule has 406 valence electrons. The molecule has 0 unspecified atom stereocenters. The van der Waals surface area contributed by atoms with E-state index < -0.39 is 36.6 Å². The highest BCUT2D eigenvalue weighted by atomic mass is 16.7. The van der Waals surface area contributed by atoms with E-state index in [-0.39, 0.29) is 17.5 Å². The Labute approximate surface area is 474 Å². The molecule has 0 radical (unpaired) electrons. The smallest absolute Gasteiger partial charge is 0.399 e. The van der Waals surface area contributed by atoms with Crippen LogP contribution in [0.3, 0.4) is 0 Å². The van der Waals surface area contributed by atoms with Crippen molar-refractivity contribution in [1.29, 1.82) is 0 Å². The monoisotopic (exact) mass is 1050 g/mol. The Hall–Kier alpha value is -6.03. The van der Waals surface area contributed by atoms with Gasteiger partial charge in [0, 0.05) is 51.2 Å². The summed E-state index contributed by atoms with van der Waals surface area (Å²) in [5.41, 5.74) is 19.4. The first kappa shape index (κ1) is 54.9. The van der Waals surface area contributed by atoms with E-state index in [2.05, 4.69) is 271 Å². The van der Waals surface area contributed by atoms with E-state index >= 15 is 0 Å². The molecule has 4 aliphatic heterocycles. The summed E-state index contributed by atoms with van der Waals surface area (Å²) < 4.78 is 26.3. The molecule has 2 saturated heterocycles. The average molecular weight is 1050 g/mol. The molecule has 7 nitrogen and oxygen atoms in total. The molecular formula is C69H82B3N3O4. The molecule has 0 aliphatic carbocycles. The van der Waals surface area contributed by atoms with Crippen LogP contribution in [0.1, 0.15) is 152 Å². The van der Waals surface area contributed by atoms with Crippen molar-refractivity contribution >= 4 is 99.5 Å². The van der Waals surface area contributed by atoms with Gasteiger partial charge in [0.05, 0.1) is 22.4 Å². The van der Waals surface area contributed by atoms with Crippen LogP contribution in [0.4, 0.5) is 51.2 Å². The topological polar surface area (TPSA) is 46.6 Å². The van der Waals surface area contributed by atoms with E-state index in [0.29, 0.717) is 0 Å². The number of fused-ring (bicyclic) bond motifs is 4. The molecule has 0 aromatic heterocycles. The number of benzene rings is 7. The fourth-order valence-corrected chi connectivity index (χ4v) is 11.9. The fourth-order valence-electron chi connectivity index (χ4n) is 11.9. The standard InChI is InChI=1S/C69H82B3N3O4/c1-17-18-19-20-21-47-22-31-54(32-23-47)75-60-45-56(73(52-35-27-50(28-36-52)71-76-66(9,10)67(11,12)77-71)53-37-29-51(30-38-53)72-78-68(13,14)69(15,16)79-72)39-40-57(60)70-58-44-49(65(6,7)8)26-41-59(58)74(61-42-46(2)43-62(75)63(61)70)55-33-24-48(25-34-55)64(3,4)5/h22-45H,17-21H2,1-16H3. The van der Waals surface area contributed by atoms with Gasteiger partial charge in [-0.2, -0.15) is 0 Å². The zero-order valence-corrected chi connectivity index (χ0v) is 50.1. The molecule has 0 saturated carbocycles. The second kappa shape index (κ2) is 19.9. The van der Waals surface area contributed by atoms with Crippen molar-refractivity contribution in [2.45, 2.75) is 176 Å². The molecular weight excluding hydrogens is 967 g/mol. The number of hydrogen-bond acceptors (Lipinski definition) is 7. The maximum atomic E-state index is 6.57. The maximum absolute atomic E-state index is 6.57. The lowest BCUT2D eigenvalue weighted by Gasteiger charge is -2.45. The Balaban J connectivity index is 1.11. The Bertz CT molecular complexity index is 3280. The van der Waals surface area contributed by atoms with E-state index in [1.165, 1.54) is 81.4 Å². The number of aryl methyl sites for hydroxylation is 2. The van der Waals surface area contributed by atoms with E-state index in [4.69, 9.17) is 18.6 Å². The molecule has 2 fully saturated rings. The molecule has 7 aromatic carbocycles. The molecule has 0 N–H and O–H groups in total. The molecule has 7 aromatic rings. The van der Waals surface area contributed by atoms with Crippen LogP contribution in [0.5, 0.6) is 0 Å². The van der Waals surface area contributed by atoms with Gasteiger partial charge in [-0.3, -0.25) is 0 Å². The Morgan fingerprint density at radius 1 is 0.443 bits per heavy atom. The number of nitrogens with zero attached hydrogens (tertiary/aromatic N) is 3. The zero-order valence-electron chi connectivity index (χ0n) is 50.1. The van der Waals surface area contributed by atoms with Crippen molar-refractivity contribution in [2.75, 3.05) is 14.7 Å². The quantitative estimate of drug-likeness (QED) is 0.0892. The predicted octanol–water partition coefficient (Wildman–Crippen LogP) is 14.9. The Morgan fingerprint density at radius 2 is 0.899 bits per heavy atom. The van der Waals surface area contributed by atoms with Gasteiger partial charge in [-0.15, -0.1) is 0 Å². The summed E-state index contributed by atoms with van der Waals surface area (Å²) in [5.74, 6) is 0. The SMILES string of the molecule is CCCCCCc1ccc(N2c3cc(N(c4ccc(B5OC(C)(C)C(C)(C)O5)cc4)c4ccc(B5OC(C)(C)C(C)(C)O5)cc4)ccc3B3c4cc(C(C)(C)C)ccc4N(c4ccc(C(C)(C)C)cc4)c4cc(C)cc2c43)cc1. The van der Waals surface area contributed by atoms with Crippen LogP contribution in [-0.2, 0) is 35.9 Å². The largest absolute Gasteiger partial charge is 0.494 e. The first-order valence-electron chi connectivity index (χ1n) is 29.2. The summed E-state index contributed by atoms with van der Waals surface area (Å²) in [6.45, 7) is 35.2. The van der Waals surface area contributed by atoms with Gasteiger partial charge in [0.15, 0.2) is 0 Å². The highest BCUT2D eigenvalue weighted by molar-refractivity contribution is 7.00. The maximum Gasteiger partial charge on any atom is 0.494 e. The third-order valence-electron chi connectivity index (χ3n) is 18.2. The number of hydrogen-bond donors (Lipinski definition) is 0. The number of rotatable bonds is 12. The van der Waals surface area contributed by atoms with Gasteiger partial charge in [0.25, 0.3) is 6.71 Å². The summed E-state index contributed by atoms with van der Waals surface area (Å²) >= 11 is 0. The lowest BCUT2D eigenvalue weighted by atomic mass is 9.33. The van der Waals surface area contributed by atoms with Crippen LogP contribution in [0.15, 0.2) is 146 Å². The minimum Gasteiger partial charge on any atom is -0.399 e. The lowest BCUT2D eigenvalue weighted by molar-refractivity contribution is 0.00578. The Kier molecular flexibility index (Phi) is 13.8. The third-order valence-corrected chi connectivity index (χ3v) is 18.2. The first-order valence-corrected chi connectivity index (χ1v) is 29.2. The van der Waals surface area contributed by atoms with Crippen molar-refractivity contribution in [3.8, 4) is 0 Å². The summed E-state index contributed by atoms with van der Waals surface area (Å²) in [7, 11) is -0.952. The minimum atomic E-state index is -0.476. The summed E-state index contributed by atoms with van der Waals surface area (Å²) in [6.07, 6.45) is 6.03. The summed E-state index contributed by atoms with van der Waals surface area (Å²) in [4.78, 5) is 7.48. The first-order chi connectivity index (χ1) is 37.2. The lowest BCUT2D eigenvalue weighted by Crippen LogP contribution is -2.61. The summed E-state index contributed by atoms with van der Waals surface area (Å²) in [6, 6.07) is 55.5. The normalized spacial score (nSPS) is 17.7. The van der Waals surface area contributed by atoms with Crippen LogP contribution in [0.25, 0.3) is 0 Å². The molecule has 11 rings (SSSR count). The van der Waals surface area contributed by atoms with Crippen molar-refractivity contribution in [1.82, 2.24) is 0 Å². The highest BCUT2D eigenvalue weighted by Gasteiger charge is 2.53. The van der Waals surface area contributed by atoms with Crippen molar-refractivity contribution < 1.29 is 18.6 Å². The van der Waals surface area contributed by atoms with Gasteiger partial charge in [-0.25, -0.2) is 0 Å². The predicted molar refractivity (Wildman–Crippen MR) is 337 cm³/mol. The van der Waals surface area contributed by atoms with E-state index in [9.17, 15) is 0 Å². The van der Waals surface area contributed by atoms with Crippen molar-refractivity contribution in [3.63, 3.8) is 0 Å². The number of anilines is 9. The third kappa shape index (κ3) is 9.97. The van der Waals surface area contributed by atoms with Crippen LogP contribution < -0.4 is 42.0 Å². The molecule has 4 aliphatic rings. The molecule has 4 heterocycles.